The molecule has 0 radical (unpaired) electrons. The van der Waals surface area contributed by atoms with Crippen LogP contribution in [0.1, 0.15) is 82.3 Å². The molecule has 3 aliphatic rings. The van der Waals surface area contributed by atoms with Gasteiger partial charge in [0, 0.05) is 38.2 Å². The van der Waals surface area contributed by atoms with E-state index < -0.39 is 0 Å². The Bertz CT molecular complexity index is 1040. The summed E-state index contributed by atoms with van der Waals surface area (Å²) in [4.78, 5) is 27.6. The fraction of sp³-hybridized carbons (Fsp3) is 0.667. The average Bonchev–Trinajstić information content (AvgIpc) is 3.75. The number of anilines is 2. The number of hydrogen-bond acceptors (Lipinski definition) is 6. The number of benzene rings is 1. The van der Waals surface area contributed by atoms with Crippen molar-refractivity contribution in [3.05, 3.63) is 56.3 Å². The molecule has 0 bridgehead atoms. The molecule has 196 valence electrons. The number of rotatable bonds is 12. The van der Waals surface area contributed by atoms with E-state index in [1.165, 1.54) is 50.5 Å². The molecule has 3 atom stereocenters. The summed E-state index contributed by atoms with van der Waals surface area (Å²) in [5, 5.41) is 3.42. The molecule has 0 amide bonds. The van der Waals surface area contributed by atoms with E-state index in [2.05, 4.69) is 34.5 Å². The molecule has 0 spiro atoms. The van der Waals surface area contributed by atoms with E-state index in [4.69, 9.17) is 10.5 Å². The maximum absolute atomic E-state index is 12.8. The topological polar surface area (TPSA) is 84.7 Å². The van der Waals surface area contributed by atoms with Crippen molar-refractivity contribution in [1.29, 1.82) is 0 Å². The molecule has 6 nitrogen and oxygen atoms in total. The fourth-order valence-electron chi connectivity index (χ4n) is 6.43. The van der Waals surface area contributed by atoms with Crippen LogP contribution >= 0.6 is 0 Å². The van der Waals surface area contributed by atoms with Gasteiger partial charge in [-0.15, -0.1) is 0 Å². The monoisotopic (exact) mass is 493 g/mol. The number of nitrogens with one attached hydrogen (secondary N) is 1. The van der Waals surface area contributed by atoms with Gasteiger partial charge >= 0.3 is 0 Å². The summed E-state index contributed by atoms with van der Waals surface area (Å²) >= 11 is 0. The van der Waals surface area contributed by atoms with Gasteiger partial charge in [-0.25, -0.2) is 0 Å². The Morgan fingerprint density at radius 2 is 1.72 bits per heavy atom. The van der Waals surface area contributed by atoms with Gasteiger partial charge in [0.15, 0.2) is 0 Å². The van der Waals surface area contributed by atoms with Crippen LogP contribution in [0.25, 0.3) is 0 Å². The number of ether oxygens (including phenoxy) is 1. The molecule has 0 aromatic heterocycles. The van der Waals surface area contributed by atoms with Crippen molar-refractivity contribution < 1.29 is 4.74 Å². The van der Waals surface area contributed by atoms with Crippen LogP contribution in [0.3, 0.4) is 0 Å². The Morgan fingerprint density at radius 1 is 0.944 bits per heavy atom. The van der Waals surface area contributed by atoms with Gasteiger partial charge in [-0.3, -0.25) is 9.59 Å². The minimum atomic E-state index is -0.380. The van der Waals surface area contributed by atoms with Crippen molar-refractivity contribution >= 4 is 11.4 Å². The van der Waals surface area contributed by atoms with Crippen LogP contribution in [-0.4, -0.2) is 32.3 Å². The highest BCUT2D eigenvalue weighted by atomic mass is 16.5. The largest absolute Gasteiger partial charge is 0.376 e. The molecule has 2 aromatic rings. The van der Waals surface area contributed by atoms with Gasteiger partial charge in [0.1, 0.15) is 11.4 Å². The fourth-order valence-corrected chi connectivity index (χ4v) is 6.43. The predicted molar refractivity (Wildman–Crippen MR) is 146 cm³/mol. The van der Waals surface area contributed by atoms with Crippen molar-refractivity contribution in [3.63, 3.8) is 0 Å². The predicted octanol–water partition coefficient (Wildman–Crippen LogP) is 4.77. The molecule has 2 saturated carbocycles. The molecular formula is C30H43N3O3. The second-order valence-corrected chi connectivity index (χ2v) is 11.5. The van der Waals surface area contributed by atoms with Crippen LogP contribution < -0.4 is 26.8 Å². The maximum Gasteiger partial charge on any atom is 0.253 e. The summed E-state index contributed by atoms with van der Waals surface area (Å²) in [6.07, 6.45) is 13.2. The number of nitrogens with two attached hydrogens (primary N) is 1. The molecule has 3 fully saturated rings. The summed E-state index contributed by atoms with van der Waals surface area (Å²) in [5.74, 6) is 1.78. The molecule has 2 aliphatic carbocycles. The summed E-state index contributed by atoms with van der Waals surface area (Å²) in [5.41, 5.74) is 7.66. The average molecular weight is 494 g/mol. The lowest BCUT2D eigenvalue weighted by molar-refractivity contribution is 0.00303. The Balaban J connectivity index is 1.28. The van der Waals surface area contributed by atoms with Crippen LogP contribution in [0.2, 0.25) is 0 Å². The molecule has 36 heavy (non-hydrogen) atoms. The van der Waals surface area contributed by atoms with Gasteiger partial charge in [0.25, 0.3) is 10.9 Å². The van der Waals surface area contributed by atoms with Crippen molar-refractivity contribution in [3.8, 4) is 0 Å². The van der Waals surface area contributed by atoms with Crippen LogP contribution in [0.4, 0.5) is 11.4 Å². The Kier molecular flexibility index (Phi) is 8.43. The minimum absolute atomic E-state index is 0.0127. The third-order valence-corrected chi connectivity index (χ3v) is 8.71. The number of hydrogen-bond donors (Lipinski definition) is 2. The van der Waals surface area contributed by atoms with E-state index >= 15 is 0 Å². The second kappa shape index (κ2) is 11.9. The summed E-state index contributed by atoms with van der Waals surface area (Å²) in [7, 11) is 0. The van der Waals surface area contributed by atoms with E-state index in [1.807, 2.05) is 6.07 Å². The lowest BCUT2D eigenvalue weighted by atomic mass is 9.84. The lowest BCUT2D eigenvalue weighted by Crippen LogP contribution is -2.48. The second-order valence-electron chi connectivity index (χ2n) is 11.5. The summed E-state index contributed by atoms with van der Waals surface area (Å²) < 4.78 is 6.51. The van der Waals surface area contributed by atoms with Crippen molar-refractivity contribution in [2.24, 2.45) is 23.5 Å². The number of nitrogens with zero attached hydrogens (tertiary/aromatic N) is 1. The highest BCUT2D eigenvalue weighted by Crippen LogP contribution is 2.38. The summed E-state index contributed by atoms with van der Waals surface area (Å²) in [6.45, 7) is 2.79. The molecule has 5 rings (SSSR count). The third kappa shape index (κ3) is 6.03. The highest BCUT2D eigenvalue weighted by Gasteiger charge is 2.35. The van der Waals surface area contributed by atoms with Gasteiger partial charge in [-0.2, -0.15) is 0 Å². The van der Waals surface area contributed by atoms with Gasteiger partial charge in [-0.1, -0.05) is 75.3 Å². The maximum atomic E-state index is 12.8. The van der Waals surface area contributed by atoms with Crippen LogP contribution in [0.15, 0.2) is 39.9 Å². The van der Waals surface area contributed by atoms with Crippen LogP contribution in [0, 0.1) is 17.8 Å². The van der Waals surface area contributed by atoms with Gasteiger partial charge in [0.05, 0.1) is 6.10 Å². The lowest BCUT2D eigenvalue weighted by Gasteiger charge is -2.39. The van der Waals surface area contributed by atoms with Crippen molar-refractivity contribution in [2.45, 2.75) is 82.8 Å². The third-order valence-electron chi connectivity index (χ3n) is 8.71. The zero-order chi connectivity index (χ0) is 24.9. The van der Waals surface area contributed by atoms with E-state index in [-0.39, 0.29) is 28.9 Å². The smallest absolute Gasteiger partial charge is 0.253 e. The zero-order valence-electron chi connectivity index (χ0n) is 21.6. The highest BCUT2D eigenvalue weighted by molar-refractivity contribution is 5.75. The molecule has 1 unspecified atom stereocenters. The van der Waals surface area contributed by atoms with Crippen molar-refractivity contribution in [1.82, 2.24) is 0 Å². The Hall–Kier alpha value is -2.18. The molecular weight excluding hydrogens is 450 g/mol. The van der Waals surface area contributed by atoms with Crippen LogP contribution in [0.5, 0.6) is 0 Å². The molecule has 2 aromatic carbocycles. The minimum Gasteiger partial charge on any atom is -0.376 e. The first kappa shape index (κ1) is 25.5. The SMILES string of the molecule is NC[C@H](CC1CCCCC1)Nc1c(N2CCCC([C@@H](OCCC3CC3)c3ccccc3)C2)c(=O)c1=O. The van der Waals surface area contributed by atoms with Crippen LogP contribution in [-0.2, 0) is 4.74 Å². The van der Waals surface area contributed by atoms with E-state index in [9.17, 15) is 9.59 Å². The molecule has 1 heterocycles. The van der Waals surface area contributed by atoms with E-state index in [0.29, 0.717) is 23.8 Å². The quantitative estimate of drug-likeness (QED) is 0.415. The first-order valence-corrected chi connectivity index (χ1v) is 14.4. The summed E-state index contributed by atoms with van der Waals surface area (Å²) in [6, 6.07) is 10.5. The molecule has 1 saturated heterocycles. The van der Waals surface area contributed by atoms with E-state index in [0.717, 1.165) is 51.3 Å². The van der Waals surface area contributed by atoms with E-state index in [1.54, 1.807) is 0 Å². The Morgan fingerprint density at radius 3 is 2.44 bits per heavy atom. The Labute approximate surface area is 215 Å². The first-order valence-electron chi connectivity index (χ1n) is 14.4. The number of piperidine rings is 1. The van der Waals surface area contributed by atoms with Gasteiger partial charge in [-0.05, 0) is 43.1 Å². The standard InChI is InChI=1S/C30H43N3O3/c31-19-25(18-22-8-3-1-4-9-22)32-26-27(29(35)28(26)34)33-16-7-12-24(20-33)30(23-10-5-2-6-11-23)36-17-15-21-13-14-21/h2,5-6,10-11,21-22,24-25,30,32H,1,3-4,7-9,12-20,31H2/t24?,25-,30-/m0/s1. The molecule has 3 N–H and O–H groups in total. The zero-order valence-corrected chi connectivity index (χ0v) is 21.6. The molecule has 1 aliphatic heterocycles. The van der Waals surface area contributed by atoms with Gasteiger partial charge < -0.3 is 20.7 Å². The van der Waals surface area contributed by atoms with Crippen molar-refractivity contribution in [2.75, 3.05) is 36.5 Å². The first-order chi connectivity index (χ1) is 17.6. The normalized spacial score (nSPS) is 23.0. The molecule has 6 heteroatoms. The van der Waals surface area contributed by atoms with Gasteiger partial charge in [0.2, 0.25) is 0 Å².